The van der Waals surface area contributed by atoms with E-state index in [0.29, 0.717) is 12.1 Å². The minimum atomic E-state index is -6.47. The molecular weight excluding hydrogens is 466 g/mol. The highest BCUT2D eigenvalue weighted by Gasteiger charge is 2.66. The molecule has 0 unspecified atom stereocenters. The van der Waals surface area contributed by atoms with Crippen molar-refractivity contribution >= 4 is 17.9 Å². The lowest BCUT2D eigenvalue weighted by Gasteiger charge is -2.20. The van der Waals surface area contributed by atoms with Crippen molar-refractivity contribution in [2.75, 3.05) is 0 Å². The number of aryl methyl sites for hydroxylation is 1. The summed E-state index contributed by atoms with van der Waals surface area (Å²) >= 11 is 0. The number of benzene rings is 1. The Bertz CT molecular complexity index is 859. The number of carbonyl (C=O) groups is 3. The van der Waals surface area contributed by atoms with E-state index in [2.05, 4.69) is 9.47 Å². The molecule has 0 heterocycles. The Morgan fingerprint density at radius 3 is 1.55 bits per heavy atom. The highest BCUT2D eigenvalue weighted by molar-refractivity contribution is 5.84. The fraction of sp³-hybridized carbons (Fsp3) is 0.400. The summed E-state index contributed by atoms with van der Waals surface area (Å²) in [5.74, 6) is -23.4. The van der Waals surface area contributed by atoms with Crippen molar-refractivity contribution in [2.45, 2.75) is 37.0 Å². The maximum Gasteiger partial charge on any atom is 0.465 e. The summed E-state index contributed by atoms with van der Waals surface area (Å²) in [4.78, 5) is 32.9. The maximum atomic E-state index is 13.1. The fourth-order valence-electron chi connectivity index (χ4n) is 1.68. The van der Waals surface area contributed by atoms with Crippen LogP contribution < -0.4 is 9.47 Å². The lowest BCUT2D eigenvalue weighted by atomic mass is 10.1. The third-order valence-electron chi connectivity index (χ3n) is 3.27. The summed E-state index contributed by atoms with van der Waals surface area (Å²) < 4.78 is 133. The van der Waals surface area contributed by atoms with Crippen LogP contribution in [0.5, 0.6) is 11.5 Å². The van der Waals surface area contributed by atoms with Gasteiger partial charge >= 0.3 is 42.1 Å². The molecule has 1 aromatic rings. The summed E-state index contributed by atoms with van der Waals surface area (Å²) in [5.41, 5.74) is -0.261. The van der Waals surface area contributed by atoms with Gasteiger partial charge in [0, 0.05) is 6.42 Å². The summed E-state index contributed by atoms with van der Waals surface area (Å²) in [7, 11) is 0. The molecule has 174 valence electrons. The molecule has 6 nitrogen and oxygen atoms in total. The standard InChI is InChI=1S/C15H8F10O6/c16-12(17,14(20,21)22)10(28)30-7-3-1-6(2-4-9(26)27)5-8(7)31-11(29)13(18,19)15(23,24)25/h1,3,5H,2,4H2,(H,26,27). The zero-order chi connectivity index (χ0) is 24.4. The molecule has 0 radical (unpaired) electrons. The maximum absolute atomic E-state index is 13.1. The third kappa shape index (κ3) is 5.97. The lowest BCUT2D eigenvalue weighted by Crippen LogP contribution is -2.47. The molecule has 1 aromatic carbocycles. The molecule has 0 fully saturated rings. The van der Waals surface area contributed by atoms with E-state index in [-0.39, 0.29) is 5.56 Å². The molecule has 31 heavy (non-hydrogen) atoms. The van der Waals surface area contributed by atoms with Crippen LogP contribution in [0.4, 0.5) is 43.9 Å². The van der Waals surface area contributed by atoms with Crippen molar-refractivity contribution in [3.8, 4) is 11.5 Å². The molecule has 0 saturated heterocycles. The van der Waals surface area contributed by atoms with Gasteiger partial charge in [0.05, 0.1) is 0 Å². The van der Waals surface area contributed by atoms with Crippen LogP contribution >= 0.6 is 0 Å². The number of carboxylic acid groups (broad SMARTS) is 1. The van der Waals surface area contributed by atoms with E-state index in [4.69, 9.17) is 5.11 Å². The molecular formula is C15H8F10O6. The molecule has 0 aromatic heterocycles. The Morgan fingerprint density at radius 2 is 1.16 bits per heavy atom. The van der Waals surface area contributed by atoms with Gasteiger partial charge in [-0.2, -0.15) is 43.9 Å². The first-order valence-electron chi connectivity index (χ1n) is 7.49. The molecule has 0 saturated carbocycles. The van der Waals surface area contributed by atoms with E-state index in [9.17, 15) is 58.3 Å². The van der Waals surface area contributed by atoms with Gasteiger partial charge in [-0.1, -0.05) is 6.07 Å². The Balaban J connectivity index is 3.34. The van der Waals surface area contributed by atoms with Crippen molar-refractivity contribution < 1.29 is 72.9 Å². The number of halogens is 10. The van der Waals surface area contributed by atoms with Crippen LogP contribution in [0.25, 0.3) is 0 Å². The number of carboxylic acids is 1. The van der Waals surface area contributed by atoms with Gasteiger partial charge in [-0.25, -0.2) is 9.59 Å². The minimum Gasteiger partial charge on any atom is -0.481 e. The summed E-state index contributed by atoms with van der Waals surface area (Å²) in [6.07, 6.45) is -14.0. The number of alkyl halides is 10. The van der Waals surface area contributed by atoms with Gasteiger partial charge in [0.25, 0.3) is 0 Å². The number of carbonyl (C=O) groups excluding carboxylic acids is 2. The number of esters is 2. The molecule has 0 spiro atoms. The number of hydrogen-bond donors (Lipinski definition) is 1. The molecule has 16 heteroatoms. The molecule has 0 aliphatic heterocycles. The van der Waals surface area contributed by atoms with Crippen molar-refractivity contribution in [1.29, 1.82) is 0 Å². The van der Waals surface area contributed by atoms with E-state index >= 15 is 0 Å². The van der Waals surface area contributed by atoms with Crippen LogP contribution in [-0.4, -0.2) is 47.2 Å². The smallest absolute Gasteiger partial charge is 0.465 e. The van der Waals surface area contributed by atoms with Crippen LogP contribution in [0.15, 0.2) is 18.2 Å². The minimum absolute atomic E-state index is 0.261. The number of rotatable bonds is 7. The van der Waals surface area contributed by atoms with Gasteiger partial charge < -0.3 is 14.6 Å². The summed E-state index contributed by atoms with van der Waals surface area (Å²) in [6.45, 7) is 0. The Kier molecular flexibility index (Phi) is 7.19. The molecule has 1 rings (SSSR count). The summed E-state index contributed by atoms with van der Waals surface area (Å²) in [5, 5.41) is 8.56. The quantitative estimate of drug-likeness (QED) is 0.366. The van der Waals surface area contributed by atoms with Gasteiger partial charge in [-0.3, -0.25) is 4.79 Å². The Labute approximate surface area is 164 Å². The van der Waals surface area contributed by atoms with E-state index in [1.54, 1.807) is 0 Å². The highest BCUT2D eigenvalue weighted by Crippen LogP contribution is 2.40. The Hall–Kier alpha value is -3.07. The van der Waals surface area contributed by atoms with Crippen molar-refractivity contribution in [1.82, 2.24) is 0 Å². The van der Waals surface area contributed by atoms with E-state index in [0.717, 1.165) is 6.07 Å². The van der Waals surface area contributed by atoms with Crippen molar-refractivity contribution in [2.24, 2.45) is 0 Å². The normalized spacial score (nSPS) is 13.0. The van der Waals surface area contributed by atoms with Gasteiger partial charge in [0.1, 0.15) is 0 Å². The number of aliphatic carboxylic acids is 1. The molecule has 1 N–H and O–H groups in total. The predicted octanol–water partition coefficient (Wildman–Crippen LogP) is 3.91. The zero-order valence-corrected chi connectivity index (χ0v) is 14.4. The topological polar surface area (TPSA) is 89.9 Å². The first-order chi connectivity index (χ1) is 13.8. The van der Waals surface area contributed by atoms with Crippen LogP contribution in [0, 0.1) is 0 Å². The van der Waals surface area contributed by atoms with Gasteiger partial charge in [0.2, 0.25) is 0 Å². The zero-order valence-electron chi connectivity index (χ0n) is 14.4. The monoisotopic (exact) mass is 474 g/mol. The van der Waals surface area contributed by atoms with Crippen molar-refractivity contribution in [3.63, 3.8) is 0 Å². The predicted molar refractivity (Wildman–Crippen MR) is 75.7 cm³/mol. The molecule has 0 aliphatic carbocycles. The average Bonchev–Trinajstić information content (AvgIpc) is 2.59. The molecule has 0 aliphatic rings. The van der Waals surface area contributed by atoms with E-state index < -0.39 is 66.4 Å². The Morgan fingerprint density at radius 1 is 0.742 bits per heavy atom. The van der Waals surface area contributed by atoms with Gasteiger partial charge in [-0.15, -0.1) is 0 Å². The van der Waals surface area contributed by atoms with Crippen molar-refractivity contribution in [3.05, 3.63) is 23.8 Å². The second kappa shape index (κ2) is 8.58. The first kappa shape index (κ1) is 26.0. The second-order valence-corrected chi connectivity index (χ2v) is 5.60. The first-order valence-corrected chi connectivity index (χ1v) is 7.49. The second-order valence-electron chi connectivity index (χ2n) is 5.60. The fourth-order valence-corrected chi connectivity index (χ4v) is 1.68. The number of ether oxygens (including phenoxy) is 2. The summed E-state index contributed by atoms with van der Waals surface area (Å²) in [6, 6.07) is 1.42. The van der Waals surface area contributed by atoms with Crippen LogP contribution in [0.2, 0.25) is 0 Å². The largest absolute Gasteiger partial charge is 0.481 e. The van der Waals surface area contributed by atoms with Crippen LogP contribution in [0.3, 0.4) is 0 Å². The SMILES string of the molecule is O=C(O)CCc1ccc(OC(=O)C(F)(F)C(F)(F)F)c(OC(=O)C(F)(F)C(F)(F)F)c1. The van der Waals surface area contributed by atoms with Gasteiger partial charge in [-0.05, 0) is 24.1 Å². The third-order valence-corrected chi connectivity index (χ3v) is 3.27. The van der Waals surface area contributed by atoms with E-state index in [1.165, 1.54) is 0 Å². The van der Waals surface area contributed by atoms with Gasteiger partial charge in [0.15, 0.2) is 11.5 Å². The highest BCUT2D eigenvalue weighted by atomic mass is 19.4. The molecule has 0 amide bonds. The molecule has 0 atom stereocenters. The lowest BCUT2D eigenvalue weighted by molar-refractivity contribution is -0.277. The number of hydrogen-bond acceptors (Lipinski definition) is 5. The molecule has 0 bridgehead atoms. The average molecular weight is 474 g/mol. The van der Waals surface area contributed by atoms with E-state index in [1.807, 2.05) is 0 Å². The van der Waals surface area contributed by atoms with Crippen LogP contribution in [-0.2, 0) is 20.8 Å². The van der Waals surface area contributed by atoms with Crippen LogP contribution in [0.1, 0.15) is 12.0 Å².